The summed E-state index contributed by atoms with van der Waals surface area (Å²) >= 11 is 0. The van der Waals surface area contributed by atoms with Crippen molar-refractivity contribution in [2.75, 3.05) is 0 Å². The summed E-state index contributed by atoms with van der Waals surface area (Å²) in [7, 11) is 0. The van der Waals surface area contributed by atoms with Crippen molar-refractivity contribution in [3.05, 3.63) is 12.2 Å². The fraction of sp³-hybridized carbons (Fsp3) is 0.500. The molecule has 0 radical (unpaired) electrons. The maximum Gasteiger partial charge on any atom is 0.330 e. The number of carboxylic acids is 1. The van der Waals surface area contributed by atoms with Gasteiger partial charge in [0, 0.05) is 5.57 Å². The number of rotatable bonds is 3. The average Bonchev–Trinajstić information content (AvgIpc) is 1.67. The van der Waals surface area contributed by atoms with Gasteiger partial charge in [0.05, 0.1) is 0 Å². The highest BCUT2D eigenvalue weighted by atomic mass is 16.4. The third-order valence-corrected chi connectivity index (χ3v) is 0.854. The lowest BCUT2D eigenvalue weighted by Crippen LogP contribution is -1.97. The first kappa shape index (κ1) is 7.21. The molecule has 0 saturated carbocycles. The van der Waals surface area contributed by atoms with Gasteiger partial charge in [0.2, 0.25) is 0 Å². The Labute approximate surface area is 48.8 Å². The molecule has 8 heavy (non-hydrogen) atoms. The van der Waals surface area contributed by atoms with E-state index in [9.17, 15) is 4.79 Å². The number of carboxylic acid groups (broad SMARTS) is 1. The standard InChI is InChI=1S/C6H10O2/c1-3-4-5(2)6(7)8/h2-4H2,1H3,(H,7,8). The van der Waals surface area contributed by atoms with Crippen LogP contribution in [0.25, 0.3) is 0 Å². The molecule has 0 spiro atoms. The predicted molar refractivity (Wildman–Crippen MR) is 31.7 cm³/mol. The fourth-order valence-corrected chi connectivity index (χ4v) is 0.409. The molecule has 46 valence electrons. The summed E-state index contributed by atoms with van der Waals surface area (Å²) in [6.07, 6.45) is 1.44. The molecule has 0 heterocycles. The largest absolute Gasteiger partial charge is 0.478 e. The average molecular weight is 114 g/mol. The summed E-state index contributed by atoms with van der Waals surface area (Å²) in [6, 6.07) is 0. The van der Waals surface area contributed by atoms with E-state index < -0.39 is 5.97 Å². The Bertz CT molecular complexity index is 105. The Morgan fingerprint density at radius 2 is 2.25 bits per heavy atom. The summed E-state index contributed by atoms with van der Waals surface area (Å²) in [5.74, 6) is -0.883. The minimum absolute atomic E-state index is 0.299. The summed E-state index contributed by atoms with van der Waals surface area (Å²) < 4.78 is 0. The molecule has 0 aliphatic rings. The first-order valence-electron chi connectivity index (χ1n) is 2.59. The van der Waals surface area contributed by atoms with E-state index in [0.29, 0.717) is 12.0 Å². The molecule has 2 nitrogen and oxygen atoms in total. The van der Waals surface area contributed by atoms with Crippen molar-refractivity contribution in [1.82, 2.24) is 0 Å². The normalized spacial score (nSPS) is 8.62. The highest BCUT2D eigenvalue weighted by Crippen LogP contribution is 1.99. The fourth-order valence-electron chi connectivity index (χ4n) is 0.409. The molecule has 2 heteroatoms. The molecule has 0 fully saturated rings. The lowest BCUT2D eigenvalue weighted by atomic mass is 10.2. The molecule has 1 N–H and O–H groups in total. The first-order valence-corrected chi connectivity index (χ1v) is 2.59. The van der Waals surface area contributed by atoms with Crippen LogP contribution in [0.15, 0.2) is 12.2 Å². The lowest BCUT2D eigenvalue weighted by Gasteiger charge is -1.92. The second-order valence-corrected chi connectivity index (χ2v) is 1.66. The summed E-state index contributed by atoms with van der Waals surface area (Å²) in [4.78, 5) is 9.99. The van der Waals surface area contributed by atoms with Crippen molar-refractivity contribution >= 4 is 5.97 Å². The number of hydrogen-bond acceptors (Lipinski definition) is 1. The minimum Gasteiger partial charge on any atom is -0.478 e. The molecular weight excluding hydrogens is 104 g/mol. The van der Waals surface area contributed by atoms with Crippen molar-refractivity contribution in [2.24, 2.45) is 0 Å². The Hall–Kier alpha value is -0.790. The van der Waals surface area contributed by atoms with Crippen molar-refractivity contribution in [1.29, 1.82) is 0 Å². The maximum absolute atomic E-state index is 9.99. The summed E-state index contributed by atoms with van der Waals surface area (Å²) in [5.41, 5.74) is 0.299. The molecule has 0 aromatic carbocycles. The van der Waals surface area contributed by atoms with Crippen LogP contribution in [0, 0.1) is 0 Å². The van der Waals surface area contributed by atoms with Crippen LogP contribution >= 0.6 is 0 Å². The summed E-state index contributed by atoms with van der Waals surface area (Å²) in [6.45, 7) is 5.27. The van der Waals surface area contributed by atoms with Crippen LogP contribution in [0.2, 0.25) is 0 Å². The monoisotopic (exact) mass is 114 g/mol. The number of carbonyl (C=O) groups is 1. The van der Waals surface area contributed by atoms with E-state index in [1.54, 1.807) is 0 Å². The van der Waals surface area contributed by atoms with E-state index in [-0.39, 0.29) is 0 Å². The van der Waals surface area contributed by atoms with Crippen LogP contribution < -0.4 is 0 Å². The van der Waals surface area contributed by atoms with Gasteiger partial charge < -0.3 is 5.11 Å². The molecular formula is C6H10O2. The molecule has 0 atom stereocenters. The van der Waals surface area contributed by atoms with E-state index >= 15 is 0 Å². The van der Waals surface area contributed by atoms with Gasteiger partial charge in [-0.05, 0) is 6.42 Å². The van der Waals surface area contributed by atoms with E-state index in [0.717, 1.165) is 6.42 Å². The van der Waals surface area contributed by atoms with E-state index in [1.165, 1.54) is 0 Å². The van der Waals surface area contributed by atoms with Crippen molar-refractivity contribution in [3.63, 3.8) is 0 Å². The van der Waals surface area contributed by atoms with Crippen LogP contribution in [-0.4, -0.2) is 11.1 Å². The molecule has 0 rings (SSSR count). The Kier molecular flexibility index (Phi) is 2.92. The van der Waals surface area contributed by atoms with E-state index in [4.69, 9.17) is 5.11 Å². The topological polar surface area (TPSA) is 37.3 Å². The van der Waals surface area contributed by atoms with Gasteiger partial charge in [-0.25, -0.2) is 4.79 Å². The zero-order valence-corrected chi connectivity index (χ0v) is 4.98. The zero-order chi connectivity index (χ0) is 6.57. The van der Waals surface area contributed by atoms with Crippen LogP contribution in [0.3, 0.4) is 0 Å². The minimum atomic E-state index is -0.883. The van der Waals surface area contributed by atoms with Gasteiger partial charge in [-0.3, -0.25) is 0 Å². The molecule has 0 aliphatic carbocycles. The second kappa shape index (κ2) is 3.24. The molecule has 0 amide bonds. The molecule has 0 bridgehead atoms. The van der Waals surface area contributed by atoms with Gasteiger partial charge in [-0.2, -0.15) is 0 Å². The number of hydrogen-bond donors (Lipinski definition) is 1. The van der Waals surface area contributed by atoms with Crippen molar-refractivity contribution < 1.29 is 9.90 Å². The molecule has 0 saturated heterocycles. The maximum atomic E-state index is 9.99. The van der Waals surface area contributed by atoms with Gasteiger partial charge in [-0.1, -0.05) is 19.9 Å². The van der Waals surface area contributed by atoms with Gasteiger partial charge in [0.25, 0.3) is 0 Å². The molecule has 0 aliphatic heterocycles. The third kappa shape index (κ3) is 2.39. The van der Waals surface area contributed by atoms with Gasteiger partial charge >= 0.3 is 5.97 Å². The number of aliphatic carboxylic acids is 1. The van der Waals surface area contributed by atoms with Gasteiger partial charge in [0.15, 0.2) is 0 Å². The van der Waals surface area contributed by atoms with Crippen LogP contribution in [-0.2, 0) is 4.79 Å². The summed E-state index contributed by atoms with van der Waals surface area (Å²) in [5, 5.41) is 8.21. The van der Waals surface area contributed by atoms with Crippen LogP contribution in [0.5, 0.6) is 0 Å². The lowest BCUT2D eigenvalue weighted by molar-refractivity contribution is -0.132. The first-order chi connectivity index (χ1) is 3.68. The molecule has 0 aromatic heterocycles. The van der Waals surface area contributed by atoms with E-state index in [2.05, 4.69) is 6.58 Å². The van der Waals surface area contributed by atoms with Gasteiger partial charge in [-0.15, -0.1) is 0 Å². The predicted octanol–water partition coefficient (Wildman–Crippen LogP) is 1.43. The smallest absolute Gasteiger partial charge is 0.330 e. The van der Waals surface area contributed by atoms with Crippen molar-refractivity contribution in [2.45, 2.75) is 19.8 Å². The third-order valence-electron chi connectivity index (χ3n) is 0.854. The quantitative estimate of drug-likeness (QED) is 0.563. The second-order valence-electron chi connectivity index (χ2n) is 1.66. The SMILES string of the molecule is C=C(CCC)C(=O)O. The highest BCUT2D eigenvalue weighted by molar-refractivity contribution is 5.85. The Balaban J connectivity index is 3.49. The Morgan fingerprint density at radius 3 is 2.38 bits per heavy atom. The van der Waals surface area contributed by atoms with Crippen molar-refractivity contribution in [3.8, 4) is 0 Å². The molecule has 0 aromatic rings. The molecule has 0 unspecified atom stereocenters. The van der Waals surface area contributed by atoms with Crippen LogP contribution in [0.1, 0.15) is 19.8 Å². The van der Waals surface area contributed by atoms with E-state index in [1.807, 2.05) is 6.92 Å². The highest BCUT2D eigenvalue weighted by Gasteiger charge is 1.99. The van der Waals surface area contributed by atoms with Gasteiger partial charge in [0.1, 0.15) is 0 Å². The van der Waals surface area contributed by atoms with Crippen LogP contribution in [0.4, 0.5) is 0 Å². The Morgan fingerprint density at radius 1 is 1.75 bits per heavy atom. The zero-order valence-electron chi connectivity index (χ0n) is 4.98.